The molecule has 0 bridgehead atoms. The molecule has 0 radical (unpaired) electrons. The Balaban J connectivity index is 1.60. The zero-order chi connectivity index (χ0) is 25.9. The first-order valence-corrected chi connectivity index (χ1v) is 11.3. The van der Waals surface area contributed by atoms with Gasteiger partial charge in [0.1, 0.15) is 60.3 Å². The van der Waals surface area contributed by atoms with Crippen molar-refractivity contribution in [3.05, 3.63) is 23.8 Å². The molecular formula is C22H34O13. The third-order valence-corrected chi connectivity index (χ3v) is 6.22. The second kappa shape index (κ2) is 12.1. The van der Waals surface area contributed by atoms with Crippen molar-refractivity contribution >= 4 is 0 Å². The summed E-state index contributed by atoms with van der Waals surface area (Å²) in [7, 11) is 0. The van der Waals surface area contributed by atoms with E-state index < -0.39 is 80.7 Å². The predicted molar refractivity (Wildman–Crippen MR) is 115 cm³/mol. The highest BCUT2D eigenvalue weighted by Gasteiger charge is 2.50. The van der Waals surface area contributed by atoms with Crippen LogP contribution in [0.2, 0.25) is 0 Å². The Hall–Kier alpha value is -1.62. The number of rotatable bonds is 9. The summed E-state index contributed by atoms with van der Waals surface area (Å²) < 4.78 is 22.1. The zero-order valence-electron chi connectivity index (χ0n) is 19.1. The van der Waals surface area contributed by atoms with E-state index in [0.717, 1.165) is 0 Å². The molecule has 2 fully saturated rings. The molecule has 35 heavy (non-hydrogen) atoms. The third kappa shape index (κ3) is 6.39. The lowest BCUT2D eigenvalue weighted by Gasteiger charge is -2.46. The van der Waals surface area contributed by atoms with E-state index in [0.29, 0.717) is 18.4 Å². The number of benzene rings is 1. The van der Waals surface area contributed by atoms with E-state index in [2.05, 4.69) is 0 Å². The van der Waals surface area contributed by atoms with Gasteiger partial charge < -0.3 is 64.9 Å². The second-order valence-corrected chi connectivity index (χ2v) is 8.80. The van der Waals surface area contributed by atoms with E-state index in [1.54, 1.807) is 13.0 Å². The van der Waals surface area contributed by atoms with Gasteiger partial charge in [-0.2, -0.15) is 0 Å². The van der Waals surface area contributed by atoms with Gasteiger partial charge in [-0.3, -0.25) is 0 Å². The van der Waals surface area contributed by atoms with Crippen molar-refractivity contribution in [1.29, 1.82) is 0 Å². The van der Waals surface area contributed by atoms with Crippen molar-refractivity contribution in [1.82, 2.24) is 0 Å². The van der Waals surface area contributed by atoms with E-state index in [9.17, 15) is 46.0 Å². The smallest absolute Gasteiger partial charge is 0.187 e. The highest BCUT2D eigenvalue weighted by atomic mass is 16.7. The lowest BCUT2D eigenvalue weighted by Crippen LogP contribution is -2.64. The maximum Gasteiger partial charge on any atom is 0.187 e. The number of aromatic hydroxyl groups is 2. The number of aliphatic hydroxyl groups is 7. The number of phenolic OH excluding ortho intramolecular Hbond substituents is 2. The normalized spacial score (nSPS) is 38.9. The molecule has 0 aromatic heterocycles. The van der Waals surface area contributed by atoms with Gasteiger partial charge in [0.15, 0.2) is 12.6 Å². The number of hydrogen-bond donors (Lipinski definition) is 9. The van der Waals surface area contributed by atoms with Gasteiger partial charge in [-0.15, -0.1) is 0 Å². The SMILES string of the molecule is C[C@@H](CCc1ccc(O)cc1O)O[C@@H]1O[C@H](CO)[C@@H](O[C@H]2O[C@H](CO)[C@@H](O)[C@H](O)[C@H]2O)[C@H](O)[C@H]1O. The van der Waals surface area contributed by atoms with E-state index in [4.69, 9.17) is 18.9 Å². The summed E-state index contributed by atoms with van der Waals surface area (Å²) in [6, 6.07) is 4.22. The fourth-order valence-electron chi connectivity index (χ4n) is 4.09. The van der Waals surface area contributed by atoms with Crippen molar-refractivity contribution < 1.29 is 64.9 Å². The summed E-state index contributed by atoms with van der Waals surface area (Å²) in [6.07, 6.45) is -14.9. The summed E-state index contributed by atoms with van der Waals surface area (Å²) in [4.78, 5) is 0. The molecule has 11 atom stereocenters. The third-order valence-electron chi connectivity index (χ3n) is 6.22. The van der Waals surface area contributed by atoms with E-state index in [1.165, 1.54) is 12.1 Å². The molecule has 2 aliphatic heterocycles. The highest BCUT2D eigenvalue weighted by Crippen LogP contribution is 2.30. The summed E-state index contributed by atoms with van der Waals surface area (Å²) in [5.41, 5.74) is 0.574. The maximum absolute atomic E-state index is 10.6. The van der Waals surface area contributed by atoms with Crippen molar-refractivity contribution in [3.63, 3.8) is 0 Å². The molecule has 2 heterocycles. The van der Waals surface area contributed by atoms with Crippen LogP contribution in [0.15, 0.2) is 18.2 Å². The standard InChI is InChI=1S/C22H34O13/c1-9(2-3-10-4-5-11(25)6-12(10)26)32-21-19(31)17(29)20(14(8-24)34-21)35-22-18(30)16(28)15(27)13(7-23)33-22/h4-6,9,13-31H,2-3,7-8H2,1H3/t9-,13+,14+,15+,16-,17+,18+,19+,20+,21+,22+/m0/s1. The zero-order valence-corrected chi connectivity index (χ0v) is 19.1. The van der Waals surface area contributed by atoms with E-state index >= 15 is 0 Å². The maximum atomic E-state index is 10.6. The van der Waals surface area contributed by atoms with E-state index in [-0.39, 0.29) is 11.5 Å². The van der Waals surface area contributed by atoms with Crippen LogP contribution in [0.25, 0.3) is 0 Å². The van der Waals surface area contributed by atoms with Crippen LogP contribution in [0, 0.1) is 0 Å². The Labute approximate surface area is 201 Å². The molecule has 9 N–H and O–H groups in total. The van der Waals surface area contributed by atoms with Gasteiger partial charge in [0.05, 0.1) is 19.3 Å². The van der Waals surface area contributed by atoms with Crippen molar-refractivity contribution in [3.8, 4) is 11.5 Å². The molecule has 0 amide bonds. The van der Waals surface area contributed by atoms with Crippen LogP contribution >= 0.6 is 0 Å². The van der Waals surface area contributed by atoms with Crippen molar-refractivity contribution in [2.24, 2.45) is 0 Å². The molecule has 3 rings (SSSR count). The number of hydrogen-bond acceptors (Lipinski definition) is 13. The van der Waals surface area contributed by atoms with Crippen LogP contribution in [0.5, 0.6) is 11.5 Å². The van der Waals surface area contributed by atoms with Gasteiger partial charge in [-0.25, -0.2) is 0 Å². The molecule has 0 unspecified atom stereocenters. The highest BCUT2D eigenvalue weighted by molar-refractivity contribution is 5.38. The molecule has 0 spiro atoms. The molecule has 13 nitrogen and oxygen atoms in total. The van der Waals surface area contributed by atoms with Gasteiger partial charge in [0, 0.05) is 6.07 Å². The minimum Gasteiger partial charge on any atom is -0.508 e. The van der Waals surface area contributed by atoms with Crippen LogP contribution in [-0.2, 0) is 25.4 Å². The Morgan fingerprint density at radius 2 is 1.46 bits per heavy atom. The molecule has 0 aliphatic carbocycles. The first-order valence-electron chi connectivity index (χ1n) is 11.3. The van der Waals surface area contributed by atoms with Gasteiger partial charge in [0.25, 0.3) is 0 Å². The molecule has 200 valence electrons. The topological polar surface area (TPSA) is 219 Å². The molecule has 2 saturated heterocycles. The molecule has 0 saturated carbocycles. The van der Waals surface area contributed by atoms with Gasteiger partial charge in [-0.1, -0.05) is 6.07 Å². The summed E-state index contributed by atoms with van der Waals surface area (Å²) in [6.45, 7) is 0.336. The Kier molecular flexibility index (Phi) is 9.65. The first-order chi connectivity index (χ1) is 16.6. The Bertz CT molecular complexity index is 806. The first kappa shape index (κ1) is 28.0. The summed E-state index contributed by atoms with van der Waals surface area (Å²) in [5.74, 6) is -0.145. The lowest BCUT2D eigenvalue weighted by molar-refractivity contribution is -0.362. The van der Waals surface area contributed by atoms with Crippen LogP contribution in [0.1, 0.15) is 18.9 Å². The summed E-state index contributed by atoms with van der Waals surface area (Å²) >= 11 is 0. The quantitative estimate of drug-likeness (QED) is 0.164. The summed E-state index contributed by atoms with van der Waals surface area (Å²) in [5, 5.41) is 89.6. The minimum atomic E-state index is -1.75. The Morgan fingerprint density at radius 1 is 0.829 bits per heavy atom. The molecule has 2 aliphatic rings. The van der Waals surface area contributed by atoms with Crippen molar-refractivity contribution in [2.75, 3.05) is 13.2 Å². The molecule has 1 aromatic carbocycles. The Morgan fingerprint density at radius 3 is 2.09 bits per heavy atom. The average Bonchev–Trinajstić information content (AvgIpc) is 2.83. The number of aliphatic hydroxyl groups excluding tert-OH is 7. The van der Waals surface area contributed by atoms with E-state index in [1.807, 2.05) is 0 Å². The van der Waals surface area contributed by atoms with Gasteiger partial charge in [0.2, 0.25) is 0 Å². The second-order valence-electron chi connectivity index (χ2n) is 8.80. The fraction of sp³-hybridized carbons (Fsp3) is 0.727. The minimum absolute atomic E-state index is 0.0706. The van der Waals surface area contributed by atoms with Crippen LogP contribution in [-0.4, -0.2) is 127 Å². The molecular weight excluding hydrogens is 472 g/mol. The fourth-order valence-corrected chi connectivity index (χ4v) is 4.09. The molecule has 1 aromatic rings. The molecule has 13 heteroatoms. The largest absolute Gasteiger partial charge is 0.508 e. The van der Waals surface area contributed by atoms with Gasteiger partial charge >= 0.3 is 0 Å². The van der Waals surface area contributed by atoms with Crippen LogP contribution in [0.3, 0.4) is 0 Å². The van der Waals surface area contributed by atoms with Crippen LogP contribution < -0.4 is 0 Å². The predicted octanol–water partition coefficient (Wildman–Crippen LogP) is -2.94. The lowest BCUT2D eigenvalue weighted by atomic mass is 9.97. The monoisotopic (exact) mass is 506 g/mol. The average molecular weight is 507 g/mol. The van der Waals surface area contributed by atoms with Crippen molar-refractivity contribution in [2.45, 2.75) is 87.3 Å². The van der Waals surface area contributed by atoms with Gasteiger partial charge in [-0.05, 0) is 31.4 Å². The number of aryl methyl sites for hydroxylation is 1. The number of ether oxygens (including phenoxy) is 4. The van der Waals surface area contributed by atoms with Crippen LogP contribution in [0.4, 0.5) is 0 Å². The number of phenols is 2.